The summed E-state index contributed by atoms with van der Waals surface area (Å²) in [4.78, 5) is 0.937. The van der Waals surface area contributed by atoms with Gasteiger partial charge in [-0.25, -0.2) is 0 Å². The molecule has 0 aliphatic heterocycles. The zero-order valence-corrected chi connectivity index (χ0v) is 10.3. The summed E-state index contributed by atoms with van der Waals surface area (Å²) >= 11 is 4.23. The van der Waals surface area contributed by atoms with Gasteiger partial charge in [-0.3, -0.25) is 0 Å². The van der Waals surface area contributed by atoms with Gasteiger partial charge >= 0.3 is 0 Å². The molecular formula is C14H14OS. The Balaban J connectivity index is 2.20. The van der Waals surface area contributed by atoms with E-state index >= 15 is 0 Å². The van der Waals surface area contributed by atoms with Gasteiger partial charge in [0, 0.05) is 4.90 Å². The Morgan fingerprint density at radius 2 is 1.44 bits per heavy atom. The molecule has 0 heterocycles. The molecule has 0 saturated carbocycles. The van der Waals surface area contributed by atoms with E-state index in [2.05, 4.69) is 32.5 Å². The van der Waals surface area contributed by atoms with Crippen molar-refractivity contribution in [3.8, 4) is 11.5 Å². The summed E-state index contributed by atoms with van der Waals surface area (Å²) in [5, 5.41) is 0. The van der Waals surface area contributed by atoms with E-state index in [1.54, 1.807) is 0 Å². The Morgan fingerprint density at radius 3 is 2.06 bits per heavy atom. The minimum Gasteiger partial charge on any atom is -0.457 e. The van der Waals surface area contributed by atoms with Gasteiger partial charge in [0.15, 0.2) is 0 Å². The smallest absolute Gasteiger partial charge is 0.127 e. The lowest BCUT2D eigenvalue weighted by atomic mass is 10.1. The Labute approximate surface area is 101 Å². The lowest BCUT2D eigenvalue weighted by molar-refractivity contribution is 0.481. The number of rotatable bonds is 2. The highest BCUT2D eigenvalue weighted by molar-refractivity contribution is 7.80. The minimum absolute atomic E-state index is 0.834. The van der Waals surface area contributed by atoms with Crippen LogP contribution in [0.2, 0.25) is 0 Å². The minimum atomic E-state index is 0.834. The average Bonchev–Trinajstić information content (AvgIpc) is 2.27. The van der Waals surface area contributed by atoms with Gasteiger partial charge in [0.25, 0.3) is 0 Å². The number of aryl methyl sites for hydroxylation is 2. The van der Waals surface area contributed by atoms with E-state index in [0.29, 0.717) is 0 Å². The molecule has 0 bridgehead atoms. The molecule has 0 aromatic heterocycles. The molecule has 0 aliphatic carbocycles. The van der Waals surface area contributed by atoms with Crippen molar-refractivity contribution in [3.63, 3.8) is 0 Å². The maximum atomic E-state index is 5.74. The highest BCUT2D eigenvalue weighted by Gasteiger charge is 1.99. The first-order chi connectivity index (χ1) is 7.65. The Bertz CT molecular complexity index is 489. The second kappa shape index (κ2) is 4.62. The highest BCUT2D eigenvalue weighted by atomic mass is 32.1. The second-order valence-corrected chi connectivity index (χ2v) is 4.36. The third-order valence-electron chi connectivity index (χ3n) is 2.55. The lowest BCUT2D eigenvalue weighted by Crippen LogP contribution is -1.86. The van der Waals surface area contributed by atoms with Crippen LogP contribution in [0, 0.1) is 13.8 Å². The van der Waals surface area contributed by atoms with Crippen LogP contribution in [0.25, 0.3) is 0 Å². The fourth-order valence-corrected chi connectivity index (χ4v) is 1.58. The zero-order chi connectivity index (χ0) is 11.5. The molecule has 2 aromatic rings. The molecule has 2 heteroatoms. The largest absolute Gasteiger partial charge is 0.457 e. The Kier molecular flexibility index (Phi) is 3.20. The van der Waals surface area contributed by atoms with Crippen molar-refractivity contribution in [3.05, 3.63) is 53.6 Å². The first-order valence-electron chi connectivity index (χ1n) is 5.19. The monoisotopic (exact) mass is 230 g/mol. The molecule has 82 valence electrons. The van der Waals surface area contributed by atoms with Crippen LogP contribution in [0.15, 0.2) is 47.4 Å². The van der Waals surface area contributed by atoms with Crippen LogP contribution in [-0.2, 0) is 0 Å². The first kappa shape index (κ1) is 11.1. The van der Waals surface area contributed by atoms with Gasteiger partial charge < -0.3 is 4.74 Å². The quantitative estimate of drug-likeness (QED) is 0.753. The Hall–Kier alpha value is -1.41. The number of thiol groups is 1. The van der Waals surface area contributed by atoms with Gasteiger partial charge in [-0.05, 0) is 61.4 Å². The molecule has 0 saturated heterocycles. The van der Waals surface area contributed by atoms with Crippen molar-refractivity contribution in [2.24, 2.45) is 0 Å². The standard InChI is InChI=1S/C14H14OS/c1-10-3-4-13(9-11(10)2)15-12-5-7-14(16)8-6-12/h3-9,16H,1-2H3. The molecule has 0 amide bonds. The van der Waals surface area contributed by atoms with Crippen molar-refractivity contribution >= 4 is 12.6 Å². The van der Waals surface area contributed by atoms with E-state index in [1.165, 1.54) is 11.1 Å². The third kappa shape index (κ3) is 2.58. The fraction of sp³-hybridized carbons (Fsp3) is 0.143. The second-order valence-electron chi connectivity index (χ2n) is 3.84. The molecule has 0 fully saturated rings. The number of hydrogen-bond donors (Lipinski definition) is 1. The summed E-state index contributed by atoms with van der Waals surface area (Å²) < 4.78 is 5.74. The molecule has 0 spiro atoms. The normalized spacial score (nSPS) is 10.2. The predicted molar refractivity (Wildman–Crippen MR) is 69.7 cm³/mol. The molecule has 1 nitrogen and oxygen atoms in total. The van der Waals surface area contributed by atoms with Gasteiger partial charge in [0.2, 0.25) is 0 Å². The molecule has 0 N–H and O–H groups in total. The number of hydrogen-bond acceptors (Lipinski definition) is 2. The summed E-state index contributed by atoms with van der Waals surface area (Å²) in [6.07, 6.45) is 0. The lowest BCUT2D eigenvalue weighted by Gasteiger charge is -2.07. The van der Waals surface area contributed by atoms with E-state index in [0.717, 1.165) is 16.4 Å². The predicted octanol–water partition coefficient (Wildman–Crippen LogP) is 4.38. The molecule has 0 atom stereocenters. The summed E-state index contributed by atoms with van der Waals surface area (Å²) in [7, 11) is 0. The van der Waals surface area contributed by atoms with Gasteiger partial charge in [0.05, 0.1) is 0 Å². The van der Waals surface area contributed by atoms with E-state index in [-0.39, 0.29) is 0 Å². The maximum absolute atomic E-state index is 5.74. The topological polar surface area (TPSA) is 9.23 Å². The summed E-state index contributed by atoms with van der Waals surface area (Å²) in [6, 6.07) is 13.8. The van der Waals surface area contributed by atoms with Crippen LogP contribution in [0.1, 0.15) is 11.1 Å². The summed E-state index contributed by atoms with van der Waals surface area (Å²) in [6.45, 7) is 4.17. The molecular weight excluding hydrogens is 216 g/mol. The maximum Gasteiger partial charge on any atom is 0.127 e. The zero-order valence-electron chi connectivity index (χ0n) is 9.40. The molecule has 0 unspecified atom stereocenters. The van der Waals surface area contributed by atoms with Gasteiger partial charge in [-0.1, -0.05) is 6.07 Å². The van der Waals surface area contributed by atoms with E-state index in [1.807, 2.05) is 36.4 Å². The molecule has 2 rings (SSSR count). The highest BCUT2D eigenvalue weighted by Crippen LogP contribution is 2.24. The van der Waals surface area contributed by atoms with E-state index in [4.69, 9.17) is 4.74 Å². The molecule has 0 radical (unpaired) electrons. The van der Waals surface area contributed by atoms with Gasteiger partial charge in [-0.2, -0.15) is 0 Å². The van der Waals surface area contributed by atoms with Crippen molar-refractivity contribution in [2.75, 3.05) is 0 Å². The van der Waals surface area contributed by atoms with E-state index < -0.39 is 0 Å². The SMILES string of the molecule is Cc1ccc(Oc2ccc(S)cc2)cc1C. The fourth-order valence-electron chi connectivity index (χ4n) is 1.43. The van der Waals surface area contributed by atoms with E-state index in [9.17, 15) is 0 Å². The van der Waals surface area contributed by atoms with Crippen molar-refractivity contribution in [1.29, 1.82) is 0 Å². The van der Waals surface area contributed by atoms with Crippen LogP contribution >= 0.6 is 12.6 Å². The summed E-state index contributed by atoms with van der Waals surface area (Å²) in [5.74, 6) is 1.70. The van der Waals surface area contributed by atoms with Crippen LogP contribution < -0.4 is 4.74 Å². The summed E-state index contributed by atoms with van der Waals surface area (Å²) in [5.41, 5.74) is 2.52. The van der Waals surface area contributed by atoms with Crippen LogP contribution in [0.3, 0.4) is 0 Å². The molecule has 0 aliphatic rings. The first-order valence-corrected chi connectivity index (χ1v) is 5.64. The van der Waals surface area contributed by atoms with Crippen molar-refractivity contribution in [2.45, 2.75) is 18.7 Å². The van der Waals surface area contributed by atoms with Crippen molar-refractivity contribution in [1.82, 2.24) is 0 Å². The number of ether oxygens (including phenoxy) is 1. The van der Waals surface area contributed by atoms with Crippen LogP contribution in [0.4, 0.5) is 0 Å². The number of benzene rings is 2. The Morgan fingerprint density at radius 1 is 0.812 bits per heavy atom. The van der Waals surface area contributed by atoms with Gasteiger partial charge in [-0.15, -0.1) is 12.6 Å². The third-order valence-corrected chi connectivity index (χ3v) is 2.85. The van der Waals surface area contributed by atoms with Crippen molar-refractivity contribution < 1.29 is 4.74 Å². The van der Waals surface area contributed by atoms with Crippen LogP contribution in [0.5, 0.6) is 11.5 Å². The van der Waals surface area contributed by atoms with Crippen LogP contribution in [-0.4, -0.2) is 0 Å². The molecule has 2 aromatic carbocycles. The molecule has 16 heavy (non-hydrogen) atoms. The van der Waals surface area contributed by atoms with Gasteiger partial charge in [0.1, 0.15) is 11.5 Å². The average molecular weight is 230 g/mol.